The third-order valence-electron chi connectivity index (χ3n) is 7.11. The van der Waals surface area contributed by atoms with Crippen LogP contribution in [-0.2, 0) is 35.1 Å². The minimum atomic E-state index is -0.892. The van der Waals surface area contributed by atoms with Crippen molar-refractivity contribution >= 4 is 29.0 Å². The topological polar surface area (TPSA) is 119 Å². The van der Waals surface area contributed by atoms with Crippen molar-refractivity contribution in [2.75, 3.05) is 40.0 Å². The van der Waals surface area contributed by atoms with E-state index < -0.39 is 35.4 Å². The van der Waals surface area contributed by atoms with Crippen LogP contribution in [0, 0.1) is 11.8 Å². The minimum Gasteiger partial charge on any atom is -0.497 e. The number of Topliss-reactive ketones (excluding diaryl/α,β-unsaturated/α-hetero) is 4. The number of ketones is 4. The standard InChI is InChI=1S/C30H44N2O7/c1-5-7-8-23(29(36)27(34)6-2)19-28(35)26(18-22-9-11-25(38-4)12-10-22)31-30(37)21(3)17-24(33)20-32-13-15-39-16-14-32/h9-12,21,23,26H,5-8,13-20H2,1-4H3,(H,31,37)/t21-,23-,26+/m1/s1. The van der Waals surface area contributed by atoms with E-state index in [0.29, 0.717) is 38.5 Å². The summed E-state index contributed by atoms with van der Waals surface area (Å²) in [5.41, 5.74) is 0.812. The first-order chi connectivity index (χ1) is 18.7. The summed E-state index contributed by atoms with van der Waals surface area (Å²) >= 11 is 0. The zero-order valence-electron chi connectivity index (χ0n) is 23.8. The van der Waals surface area contributed by atoms with E-state index in [1.807, 2.05) is 24.0 Å². The number of carbonyl (C=O) groups excluding carboxylic acids is 5. The van der Waals surface area contributed by atoms with Gasteiger partial charge in [0.15, 0.2) is 11.6 Å². The second-order valence-electron chi connectivity index (χ2n) is 10.3. The number of hydrogen-bond donors (Lipinski definition) is 1. The molecule has 0 aliphatic carbocycles. The van der Waals surface area contributed by atoms with Gasteiger partial charge in [-0.3, -0.25) is 28.9 Å². The number of carbonyl (C=O) groups is 5. The fourth-order valence-electron chi connectivity index (χ4n) is 4.63. The molecule has 0 unspecified atom stereocenters. The monoisotopic (exact) mass is 544 g/mol. The zero-order valence-corrected chi connectivity index (χ0v) is 23.8. The van der Waals surface area contributed by atoms with E-state index in [1.54, 1.807) is 33.1 Å². The quantitative estimate of drug-likeness (QED) is 0.280. The number of methoxy groups -OCH3 is 1. The van der Waals surface area contributed by atoms with Crippen LogP contribution in [0.15, 0.2) is 24.3 Å². The maximum atomic E-state index is 13.5. The zero-order chi connectivity index (χ0) is 28.8. The highest BCUT2D eigenvalue weighted by molar-refractivity contribution is 6.38. The number of unbranched alkanes of at least 4 members (excludes halogenated alkanes) is 1. The molecule has 1 aliphatic heterocycles. The van der Waals surface area contributed by atoms with Gasteiger partial charge in [-0.25, -0.2) is 0 Å². The third-order valence-corrected chi connectivity index (χ3v) is 7.11. The largest absolute Gasteiger partial charge is 0.497 e. The predicted molar refractivity (Wildman–Crippen MR) is 148 cm³/mol. The van der Waals surface area contributed by atoms with Crippen molar-refractivity contribution in [3.8, 4) is 5.75 Å². The van der Waals surface area contributed by atoms with Gasteiger partial charge in [0.05, 0.1) is 32.9 Å². The molecule has 9 nitrogen and oxygen atoms in total. The number of morpholine rings is 1. The molecule has 0 aromatic heterocycles. The van der Waals surface area contributed by atoms with Gasteiger partial charge in [0.25, 0.3) is 0 Å². The van der Waals surface area contributed by atoms with Gasteiger partial charge in [0, 0.05) is 44.2 Å². The maximum Gasteiger partial charge on any atom is 0.223 e. The molecule has 0 radical (unpaired) electrons. The Balaban J connectivity index is 2.13. The van der Waals surface area contributed by atoms with E-state index >= 15 is 0 Å². The maximum absolute atomic E-state index is 13.5. The number of nitrogens with zero attached hydrogens (tertiary/aromatic N) is 1. The van der Waals surface area contributed by atoms with Gasteiger partial charge in [-0.05, 0) is 30.5 Å². The van der Waals surface area contributed by atoms with Crippen LogP contribution in [0.4, 0.5) is 0 Å². The van der Waals surface area contributed by atoms with E-state index in [4.69, 9.17) is 9.47 Å². The Morgan fingerprint density at radius 2 is 1.69 bits per heavy atom. The summed E-state index contributed by atoms with van der Waals surface area (Å²) in [4.78, 5) is 66.1. The van der Waals surface area contributed by atoms with Crippen molar-refractivity contribution in [1.82, 2.24) is 10.2 Å². The summed E-state index contributed by atoms with van der Waals surface area (Å²) in [5.74, 6) is -2.38. The lowest BCUT2D eigenvalue weighted by molar-refractivity contribution is -0.140. The molecular weight excluding hydrogens is 500 g/mol. The van der Waals surface area contributed by atoms with Gasteiger partial charge in [-0.2, -0.15) is 0 Å². The van der Waals surface area contributed by atoms with E-state index in [1.165, 1.54) is 0 Å². The molecule has 0 spiro atoms. The van der Waals surface area contributed by atoms with Crippen molar-refractivity contribution in [2.24, 2.45) is 11.8 Å². The highest BCUT2D eigenvalue weighted by Crippen LogP contribution is 2.20. The molecule has 9 heteroatoms. The summed E-state index contributed by atoms with van der Waals surface area (Å²) in [7, 11) is 1.56. The van der Waals surface area contributed by atoms with Crippen LogP contribution in [0.25, 0.3) is 0 Å². The highest BCUT2D eigenvalue weighted by atomic mass is 16.5. The lowest BCUT2D eigenvalue weighted by Gasteiger charge is -2.26. The molecule has 216 valence electrons. The minimum absolute atomic E-state index is 0.0408. The van der Waals surface area contributed by atoms with Crippen molar-refractivity contribution < 1.29 is 33.4 Å². The second-order valence-corrected chi connectivity index (χ2v) is 10.3. The molecule has 3 atom stereocenters. The Kier molecular flexibility index (Phi) is 14.0. The second kappa shape index (κ2) is 16.9. The van der Waals surface area contributed by atoms with Gasteiger partial charge in [0.2, 0.25) is 11.7 Å². The van der Waals surface area contributed by atoms with Crippen LogP contribution >= 0.6 is 0 Å². The molecule has 1 aromatic rings. The molecule has 2 rings (SSSR count). The van der Waals surface area contributed by atoms with Crippen molar-refractivity contribution in [3.63, 3.8) is 0 Å². The molecule has 1 aliphatic rings. The van der Waals surface area contributed by atoms with E-state index in [2.05, 4.69) is 5.32 Å². The van der Waals surface area contributed by atoms with Crippen LogP contribution in [-0.4, -0.2) is 79.9 Å². The first kappa shape index (κ1) is 32.3. The van der Waals surface area contributed by atoms with E-state index in [-0.39, 0.29) is 43.8 Å². The van der Waals surface area contributed by atoms with E-state index in [9.17, 15) is 24.0 Å². The fraction of sp³-hybridized carbons (Fsp3) is 0.633. The lowest BCUT2D eigenvalue weighted by Crippen LogP contribution is -2.46. The number of hydrogen-bond acceptors (Lipinski definition) is 8. The van der Waals surface area contributed by atoms with Crippen molar-refractivity contribution in [3.05, 3.63) is 29.8 Å². The predicted octanol–water partition coefficient (Wildman–Crippen LogP) is 2.96. The van der Waals surface area contributed by atoms with E-state index in [0.717, 1.165) is 18.4 Å². The third kappa shape index (κ3) is 11.0. The molecule has 1 heterocycles. The van der Waals surface area contributed by atoms with Crippen LogP contribution in [0.3, 0.4) is 0 Å². The molecular formula is C30H44N2O7. The number of nitrogens with one attached hydrogen (secondary N) is 1. The summed E-state index contributed by atoms with van der Waals surface area (Å²) in [6, 6.07) is 6.30. The summed E-state index contributed by atoms with van der Waals surface area (Å²) in [6.45, 7) is 8.10. The van der Waals surface area contributed by atoms with Gasteiger partial charge in [-0.15, -0.1) is 0 Å². The lowest BCUT2D eigenvalue weighted by atomic mass is 9.86. The molecule has 39 heavy (non-hydrogen) atoms. The molecule has 1 fully saturated rings. The summed E-state index contributed by atoms with van der Waals surface area (Å²) in [5, 5.41) is 2.84. The Morgan fingerprint density at radius 3 is 2.28 bits per heavy atom. The molecule has 1 N–H and O–H groups in total. The Hall–Kier alpha value is -2.91. The summed E-state index contributed by atoms with van der Waals surface area (Å²) < 4.78 is 10.5. The van der Waals surface area contributed by atoms with Gasteiger partial charge in [-0.1, -0.05) is 45.7 Å². The average molecular weight is 545 g/mol. The SMILES string of the molecule is CCCC[C@H](CC(=O)[C@H](Cc1ccc(OC)cc1)NC(=O)[C@H](C)CC(=O)CN1CCOCC1)C(=O)C(=O)CC. The molecule has 1 aromatic carbocycles. The number of benzene rings is 1. The summed E-state index contributed by atoms with van der Waals surface area (Å²) in [6.07, 6.45) is 2.27. The first-order valence-electron chi connectivity index (χ1n) is 14.0. The molecule has 1 saturated heterocycles. The Morgan fingerprint density at radius 1 is 1.03 bits per heavy atom. The number of ether oxygens (including phenoxy) is 2. The van der Waals surface area contributed by atoms with Gasteiger partial charge in [0.1, 0.15) is 11.5 Å². The Labute approximate surface area is 232 Å². The van der Waals surface area contributed by atoms with Crippen molar-refractivity contribution in [1.29, 1.82) is 0 Å². The van der Waals surface area contributed by atoms with Gasteiger partial charge < -0.3 is 14.8 Å². The Bertz CT molecular complexity index is 970. The smallest absolute Gasteiger partial charge is 0.223 e. The van der Waals surface area contributed by atoms with Crippen molar-refractivity contribution in [2.45, 2.75) is 71.8 Å². The average Bonchev–Trinajstić information content (AvgIpc) is 2.94. The highest BCUT2D eigenvalue weighted by Gasteiger charge is 2.31. The first-order valence-corrected chi connectivity index (χ1v) is 14.0. The molecule has 0 saturated carbocycles. The molecule has 1 amide bonds. The van der Waals surface area contributed by atoms with Crippen LogP contribution in [0.1, 0.15) is 64.9 Å². The van der Waals surface area contributed by atoms with Crippen LogP contribution in [0.2, 0.25) is 0 Å². The number of amides is 1. The van der Waals surface area contributed by atoms with Crippen LogP contribution < -0.4 is 10.1 Å². The normalized spacial score (nSPS) is 16.1. The number of rotatable bonds is 18. The van der Waals surface area contributed by atoms with Crippen LogP contribution in [0.5, 0.6) is 5.75 Å². The van der Waals surface area contributed by atoms with Gasteiger partial charge >= 0.3 is 0 Å². The fourth-order valence-corrected chi connectivity index (χ4v) is 4.63. The molecule has 0 bridgehead atoms.